The number of carboxylic acids is 1. The Labute approximate surface area is 197 Å². The van der Waals surface area contributed by atoms with E-state index in [0.717, 1.165) is 0 Å². The van der Waals surface area contributed by atoms with E-state index in [0.29, 0.717) is 28.6 Å². The number of carbonyl (C=O) groups excluding carboxylic acids is 1. The van der Waals surface area contributed by atoms with Crippen LogP contribution in [0.3, 0.4) is 0 Å². The molecular weight excluding hydrogens is 432 g/mol. The molecule has 9 nitrogen and oxygen atoms in total. The number of imidazole rings is 1. The first kappa shape index (κ1) is 23.0. The maximum Gasteiger partial charge on any atom is 0.327 e. The number of carbonyl (C=O) groups is 2. The Morgan fingerprint density at radius 1 is 1.24 bits per heavy atom. The minimum atomic E-state index is -0.950. The quantitative estimate of drug-likeness (QED) is 0.286. The normalized spacial score (nSPS) is 16.4. The minimum absolute atomic E-state index is 0.00682. The van der Waals surface area contributed by atoms with Crippen molar-refractivity contribution in [2.75, 3.05) is 23.3 Å². The first-order chi connectivity index (χ1) is 16.2. The molecule has 5 N–H and O–H groups in total. The summed E-state index contributed by atoms with van der Waals surface area (Å²) in [6.45, 7) is 4.47. The topological polar surface area (TPSA) is 137 Å². The number of benzene rings is 2. The summed E-state index contributed by atoms with van der Waals surface area (Å²) in [4.78, 5) is 31.0. The van der Waals surface area contributed by atoms with E-state index in [9.17, 15) is 14.7 Å². The Morgan fingerprint density at radius 3 is 2.62 bits per heavy atom. The molecule has 0 saturated heterocycles. The van der Waals surface area contributed by atoms with Gasteiger partial charge in [0, 0.05) is 29.7 Å². The Kier molecular flexibility index (Phi) is 6.36. The lowest BCUT2D eigenvalue weighted by Gasteiger charge is -2.30. The Hall–Kier alpha value is -4.14. The van der Waals surface area contributed by atoms with Gasteiger partial charge >= 0.3 is 5.97 Å². The average molecular weight is 461 g/mol. The summed E-state index contributed by atoms with van der Waals surface area (Å²) in [5, 5.41) is 20.4. The van der Waals surface area contributed by atoms with E-state index in [1.165, 1.54) is 11.9 Å². The molecule has 176 valence electrons. The monoisotopic (exact) mass is 460 g/mol. The highest BCUT2D eigenvalue weighted by Gasteiger charge is 2.39. The molecule has 2 unspecified atom stereocenters. The number of nitrogens with two attached hydrogens (primary N) is 1. The zero-order valence-corrected chi connectivity index (χ0v) is 19.1. The molecule has 1 amide bonds. The molecule has 1 aliphatic rings. The van der Waals surface area contributed by atoms with Gasteiger partial charge in [-0.3, -0.25) is 10.2 Å². The SMILES string of the molecule is CC(C)c1ccc(NC(=O)CN(CC2c3cn(cn3)C2C(=O)O)c2cccc(C(=N)N)c2)cc1. The number of carboxylic acid groups (broad SMARTS) is 1. The summed E-state index contributed by atoms with van der Waals surface area (Å²) < 4.78 is 1.59. The van der Waals surface area contributed by atoms with Crippen LogP contribution in [0.2, 0.25) is 0 Å². The summed E-state index contributed by atoms with van der Waals surface area (Å²) >= 11 is 0. The van der Waals surface area contributed by atoms with Gasteiger partial charge in [-0.2, -0.15) is 0 Å². The van der Waals surface area contributed by atoms with E-state index >= 15 is 0 Å². The third kappa shape index (κ3) is 4.78. The minimum Gasteiger partial charge on any atom is -0.480 e. The van der Waals surface area contributed by atoms with Crippen LogP contribution < -0.4 is 16.0 Å². The number of hydrogen-bond donors (Lipinski definition) is 4. The van der Waals surface area contributed by atoms with E-state index in [1.54, 1.807) is 29.0 Å². The molecule has 34 heavy (non-hydrogen) atoms. The van der Waals surface area contributed by atoms with Crippen molar-refractivity contribution >= 4 is 29.1 Å². The molecule has 0 radical (unpaired) electrons. The summed E-state index contributed by atoms with van der Waals surface area (Å²) in [5.74, 6) is -1.29. The zero-order valence-electron chi connectivity index (χ0n) is 19.1. The summed E-state index contributed by atoms with van der Waals surface area (Å²) in [6, 6.07) is 14.0. The first-order valence-corrected chi connectivity index (χ1v) is 11.1. The molecule has 2 bridgehead atoms. The molecule has 0 aliphatic carbocycles. The molecular formula is C25H28N6O3. The van der Waals surface area contributed by atoms with Gasteiger partial charge in [0.05, 0.1) is 24.5 Å². The van der Waals surface area contributed by atoms with Crippen molar-refractivity contribution in [2.24, 2.45) is 5.73 Å². The molecule has 2 atom stereocenters. The van der Waals surface area contributed by atoms with Crippen molar-refractivity contribution in [3.8, 4) is 0 Å². The van der Waals surface area contributed by atoms with Gasteiger partial charge in [0.1, 0.15) is 11.9 Å². The van der Waals surface area contributed by atoms with Crippen LogP contribution in [0.15, 0.2) is 61.1 Å². The second kappa shape index (κ2) is 9.38. The number of aliphatic carboxylic acids is 1. The average Bonchev–Trinajstić information content (AvgIpc) is 3.41. The Bertz CT molecular complexity index is 1220. The van der Waals surface area contributed by atoms with Crippen LogP contribution in [0.5, 0.6) is 0 Å². The number of hydrogen-bond acceptors (Lipinski definition) is 5. The van der Waals surface area contributed by atoms with Gasteiger partial charge in [0.15, 0.2) is 0 Å². The predicted octanol–water partition coefficient (Wildman–Crippen LogP) is 3.16. The summed E-state index contributed by atoms with van der Waals surface area (Å²) in [5.41, 5.74) is 9.40. The molecule has 3 aromatic rings. The zero-order chi connectivity index (χ0) is 24.4. The molecule has 0 saturated carbocycles. The number of anilines is 2. The fraction of sp³-hybridized carbons (Fsp3) is 0.280. The van der Waals surface area contributed by atoms with E-state index in [4.69, 9.17) is 11.1 Å². The van der Waals surface area contributed by atoms with Crippen molar-refractivity contribution in [2.45, 2.75) is 31.7 Å². The maximum absolute atomic E-state index is 13.0. The lowest BCUT2D eigenvalue weighted by Crippen LogP contribution is -2.39. The van der Waals surface area contributed by atoms with Gasteiger partial charge in [0.2, 0.25) is 5.91 Å². The highest BCUT2D eigenvalue weighted by atomic mass is 16.4. The highest BCUT2D eigenvalue weighted by molar-refractivity contribution is 5.97. The number of fused-ring (bicyclic) bond motifs is 2. The van der Waals surface area contributed by atoms with Crippen LogP contribution in [-0.4, -0.2) is 45.5 Å². The van der Waals surface area contributed by atoms with Crippen molar-refractivity contribution in [3.05, 3.63) is 77.9 Å². The molecule has 1 aromatic heterocycles. The van der Waals surface area contributed by atoms with Gasteiger partial charge in [-0.05, 0) is 35.7 Å². The molecule has 0 fully saturated rings. The van der Waals surface area contributed by atoms with Crippen LogP contribution in [0.1, 0.15) is 48.5 Å². The smallest absolute Gasteiger partial charge is 0.327 e. The predicted molar refractivity (Wildman–Crippen MR) is 130 cm³/mol. The second-order valence-electron chi connectivity index (χ2n) is 8.80. The Morgan fingerprint density at radius 2 is 1.97 bits per heavy atom. The third-order valence-electron chi connectivity index (χ3n) is 6.09. The Balaban J connectivity index is 1.57. The van der Waals surface area contributed by atoms with Crippen molar-refractivity contribution < 1.29 is 14.7 Å². The number of nitrogen functional groups attached to an aromatic ring is 1. The summed E-state index contributed by atoms with van der Waals surface area (Å²) in [6.07, 6.45) is 3.24. The molecule has 2 heterocycles. The van der Waals surface area contributed by atoms with E-state index in [1.807, 2.05) is 35.2 Å². The van der Waals surface area contributed by atoms with Crippen LogP contribution in [-0.2, 0) is 9.59 Å². The van der Waals surface area contributed by atoms with Crippen LogP contribution in [0.4, 0.5) is 11.4 Å². The molecule has 0 spiro atoms. The van der Waals surface area contributed by atoms with Gasteiger partial charge < -0.3 is 25.6 Å². The molecule has 9 heteroatoms. The van der Waals surface area contributed by atoms with E-state index in [2.05, 4.69) is 24.1 Å². The third-order valence-corrected chi connectivity index (χ3v) is 6.09. The van der Waals surface area contributed by atoms with Gasteiger partial charge in [0.25, 0.3) is 0 Å². The van der Waals surface area contributed by atoms with Crippen molar-refractivity contribution in [3.63, 3.8) is 0 Å². The van der Waals surface area contributed by atoms with Crippen LogP contribution >= 0.6 is 0 Å². The van der Waals surface area contributed by atoms with Gasteiger partial charge in [-0.1, -0.05) is 38.1 Å². The largest absolute Gasteiger partial charge is 0.480 e. The number of amides is 1. The van der Waals surface area contributed by atoms with Gasteiger partial charge in [-0.25, -0.2) is 9.78 Å². The van der Waals surface area contributed by atoms with Crippen LogP contribution in [0.25, 0.3) is 0 Å². The van der Waals surface area contributed by atoms with E-state index in [-0.39, 0.29) is 24.8 Å². The molecule has 1 aliphatic heterocycles. The standard InChI is InChI=1S/C25H28N6O3/c1-15(2)16-6-8-18(9-7-16)29-22(32)13-30(19-5-3-4-17(10-19)24(26)27)11-20-21-12-31(14-28-21)23(20)25(33)34/h3-10,12,14-15,20,23H,11,13H2,1-2H3,(H3,26,27)(H,29,32)(H,33,34). The number of nitrogens with zero attached hydrogens (tertiary/aromatic N) is 3. The lowest BCUT2D eigenvalue weighted by atomic mass is 9.97. The highest BCUT2D eigenvalue weighted by Crippen LogP contribution is 2.36. The fourth-order valence-electron chi connectivity index (χ4n) is 4.25. The summed E-state index contributed by atoms with van der Waals surface area (Å²) in [7, 11) is 0. The van der Waals surface area contributed by atoms with E-state index < -0.39 is 17.9 Å². The molecule has 2 aromatic carbocycles. The van der Waals surface area contributed by atoms with Crippen LogP contribution in [0, 0.1) is 5.41 Å². The first-order valence-electron chi connectivity index (χ1n) is 11.1. The van der Waals surface area contributed by atoms with Crippen molar-refractivity contribution in [1.29, 1.82) is 5.41 Å². The van der Waals surface area contributed by atoms with Crippen molar-refractivity contribution in [1.82, 2.24) is 9.55 Å². The molecule has 4 rings (SSSR count). The fourth-order valence-corrected chi connectivity index (χ4v) is 4.25. The number of nitrogens with one attached hydrogen (secondary N) is 2. The second-order valence-corrected chi connectivity index (χ2v) is 8.80. The maximum atomic E-state index is 13.0. The number of amidine groups is 1. The number of aromatic nitrogens is 2. The lowest BCUT2D eigenvalue weighted by molar-refractivity contribution is -0.141. The number of rotatable bonds is 9. The van der Waals surface area contributed by atoms with Gasteiger partial charge in [-0.15, -0.1) is 0 Å².